The molecule has 46 heavy (non-hydrogen) atoms. The fraction of sp³-hybridized carbons (Fsp3) is 0.595. The van der Waals surface area contributed by atoms with Crippen LogP contribution in [-0.2, 0) is 16.1 Å². The summed E-state index contributed by atoms with van der Waals surface area (Å²) in [4.78, 5) is 26.4. The van der Waals surface area contributed by atoms with E-state index in [9.17, 15) is 14.9 Å². The largest absolute Gasteiger partial charge is 0.489 e. The van der Waals surface area contributed by atoms with Crippen molar-refractivity contribution in [1.29, 1.82) is 5.26 Å². The van der Waals surface area contributed by atoms with Gasteiger partial charge in [0.15, 0.2) is 0 Å². The molecule has 1 fully saturated rings. The Morgan fingerprint density at radius 1 is 1.11 bits per heavy atom. The summed E-state index contributed by atoms with van der Waals surface area (Å²) in [6.45, 7) is 19.2. The highest BCUT2D eigenvalue weighted by molar-refractivity contribution is 6.31. The van der Waals surface area contributed by atoms with Crippen LogP contribution in [0.15, 0.2) is 36.4 Å². The van der Waals surface area contributed by atoms with E-state index >= 15 is 0 Å². The quantitative estimate of drug-likeness (QED) is 0.143. The molecule has 0 saturated heterocycles. The van der Waals surface area contributed by atoms with Crippen molar-refractivity contribution in [2.24, 2.45) is 16.2 Å². The first-order valence-corrected chi connectivity index (χ1v) is 16.7. The van der Waals surface area contributed by atoms with E-state index in [4.69, 9.17) is 21.1 Å². The number of amides is 1. The molecule has 1 amide bonds. The fourth-order valence-corrected chi connectivity index (χ4v) is 7.29. The average molecular weight is 653 g/mol. The second kappa shape index (κ2) is 15.6. The number of hydrogen-bond donors (Lipinski definition) is 2. The Hall–Kier alpha value is -3.12. The minimum absolute atomic E-state index is 0.0150. The summed E-state index contributed by atoms with van der Waals surface area (Å²) in [6, 6.07) is 13.5. The molecule has 0 heterocycles. The Morgan fingerprint density at radius 3 is 2.41 bits per heavy atom. The summed E-state index contributed by atoms with van der Waals surface area (Å²) in [5.41, 5.74) is 2.72. The predicted octanol–water partition coefficient (Wildman–Crippen LogP) is 7.49. The molecule has 8 nitrogen and oxygen atoms in total. The number of nitriles is 1. The van der Waals surface area contributed by atoms with Crippen molar-refractivity contribution in [2.45, 2.75) is 99.4 Å². The van der Waals surface area contributed by atoms with Gasteiger partial charge in [0.25, 0.3) is 0 Å². The van der Waals surface area contributed by atoms with Crippen molar-refractivity contribution in [1.82, 2.24) is 10.2 Å². The first kappa shape index (κ1) is 37.3. The zero-order valence-electron chi connectivity index (χ0n) is 29.1. The highest BCUT2D eigenvalue weighted by Gasteiger charge is 2.64. The van der Waals surface area contributed by atoms with Gasteiger partial charge < -0.3 is 20.1 Å². The molecule has 252 valence electrons. The fourth-order valence-electron chi connectivity index (χ4n) is 7.07. The zero-order chi connectivity index (χ0) is 34.3. The van der Waals surface area contributed by atoms with E-state index in [1.807, 2.05) is 19.1 Å². The molecule has 0 spiro atoms. The molecule has 0 bridgehead atoms. The molecule has 1 aliphatic rings. The molecule has 3 rings (SSSR count). The topological polar surface area (TPSA) is 104 Å². The summed E-state index contributed by atoms with van der Waals surface area (Å²) >= 11 is 6.26. The maximum absolute atomic E-state index is 12.1. The Bertz CT molecular complexity index is 1380. The van der Waals surface area contributed by atoms with Crippen molar-refractivity contribution >= 4 is 29.5 Å². The SMILES string of the molecule is CC(NC(=O)COCCCCCNc1ccc(C=O)c(CN(C)C2C(C)(C)C(Oc3ccc(C#N)c(Cl)c3)C2(C)C)c1)C(C)(C)C. The third kappa shape index (κ3) is 9.24. The molecule has 2 aromatic carbocycles. The minimum Gasteiger partial charge on any atom is -0.489 e. The smallest absolute Gasteiger partial charge is 0.246 e. The lowest BCUT2D eigenvalue weighted by Crippen LogP contribution is -2.74. The molecular formula is C37H53ClN4O4. The van der Waals surface area contributed by atoms with Gasteiger partial charge in [-0.25, -0.2) is 0 Å². The lowest BCUT2D eigenvalue weighted by Gasteiger charge is -2.65. The van der Waals surface area contributed by atoms with Crippen LogP contribution in [0.1, 0.15) is 96.1 Å². The third-order valence-corrected chi connectivity index (χ3v) is 9.72. The van der Waals surface area contributed by atoms with Crippen LogP contribution in [0.3, 0.4) is 0 Å². The molecule has 0 aromatic heterocycles. The Balaban J connectivity index is 1.49. The van der Waals surface area contributed by atoms with Crippen LogP contribution >= 0.6 is 11.6 Å². The normalized spacial score (nSPS) is 19.1. The number of nitrogens with zero attached hydrogens (tertiary/aromatic N) is 2. The van der Waals surface area contributed by atoms with Gasteiger partial charge in [0.05, 0.1) is 10.6 Å². The van der Waals surface area contributed by atoms with Gasteiger partial charge in [-0.3, -0.25) is 14.5 Å². The van der Waals surface area contributed by atoms with Gasteiger partial charge in [-0.1, -0.05) is 60.1 Å². The van der Waals surface area contributed by atoms with E-state index < -0.39 is 0 Å². The highest BCUT2D eigenvalue weighted by Crippen LogP contribution is 2.58. The summed E-state index contributed by atoms with van der Waals surface area (Å²) in [5, 5.41) is 16.1. The Kier molecular flexibility index (Phi) is 12.7. The number of halogens is 1. The Morgan fingerprint density at radius 2 is 1.80 bits per heavy atom. The van der Waals surface area contributed by atoms with Gasteiger partial charge >= 0.3 is 0 Å². The third-order valence-electron chi connectivity index (χ3n) is 9.41. The second-order valence-electron chi connectivity index (χ2n) is 14.9. The summed E-state index contributed by atoms with van der Waals surface area (Å²) in [7, 11) is 2.11. The van der Waals surface area contributed by atoms with Crippen LogP contribution in [0.25, 0.3) is 0 Å². The molecule has 9 heteroatoms. The van der Waals surface area contributed by atoms with E-state index in [0.29, 0.717) is 35.1 Å². The van der Waals surface area contributed by atoms with Crippen molar-refractivity contribution in [2.75, 3.05) is 32.1 Å². The minimum atomic E-state index is -0.186. The van der Waals surface area contributed by atoms with E-state index in [1.54, 1.807) is 18.2 Å². The van der Waals surface area contributed by atoms with E-state index in [2.05, 4.69) is 83.2 Å². The lowest BCUT2D eigenvalue weighted by molar-refractivity contribution is -0.206. The number of ether oxygens (including phenoxy) is 2. The van der Waals surface area contributed by atoms with Gasteiger partial charge in [-0.2, -0.15) is 5.26 Å². The number of hydrogen-bond acceptors (Lipinski definition) is 7. The van der Waals surface area contributed by atoms with Crippen LogP contribution < -0.4 is 15.4 Å². The second-order valence-corrected chi connectivity index (χ2v) is 15.3. The molecule has 1 saturated carbocycles. The van der Waals surface area contributed by atoms with Crippen LogP contribution in [-0.4, -0.2) is 62.1 Å². The molecule has 1 unspecified atom stereocenters. The Labute approximate surface area is 281 Å². The van der Waals surface area contributed by atoms with Gasteiger partial charge in [0.1, 0.15) is 30.8 Å². The van der Waals surface area contributed by atoms with Crippen molar-refractivity contribution in [3.8, 4) is 11.8 Å². The van der Waals surface area contributed by atoms with Crippen molar-refractivity contribution in [3.63, 3.8) is 0 Å². The van der Waals surface area contributed by atoms with E-state index in [-0.39, 0.29) is 46.9 Å². The van der Waals surface area contributed by atoms with Crippen molar-refractivity contribution in [3.05, 3.63) is 58.1 Å². The standard InChI is InChI=1S/C37H53ClN4O4/c1-25(35(2,3)4)41-32(44)24-45-18-12-10-11-17-40-29-15-13-27(23-43)28(19-29)22-42(9)33-36(5,6)34(37(33,7)8)46-30-16-14-26(21-39)31(38)20-30/h13-16,19-20,23,25,33-34,40H,10-12,17-18,22,24H2,1-9H3,(H,41,44). The van der Waals surface area contributed by atoms with Crippen molar-refractivity contribution < 1.29 is 19.1 Å². The molecule has 2 N–H and O–H groups in total. The van der Waals surface area contributed by atoms with Gasteiger partial charge in [-0.15, -0.1) is 0 Å². The maximum atomic E-state index is 12.1. The highest BCUT2D eigenvalue weighted by atomic mass is 35.5. The summed E-state index contributed by atoms with van der Waals surface area (Å²) in [6.07, 6.45) is 3.69. The number of aldehydes is 1. The van der Waals surface area contributed by atoms with Crippen LogP contribution in [0.4, 0.5) is 5.69 Å². The molecule has 1 atom stereocenters. The zero-order valence-corrected chi connectivity index (χ0v) is 29.9. The number of nitrogens with one attached hydrogen (secondary N) is 2. The molecule has 2 aromatic rings. The average Bonchev–Trinajstić information content (AvgIpc) is 2.96. The molecule has 1 aliphatic carbocycles. The number of unbranched alkanes of at least 4 members (excludes halogenated alkanes) is 2. The summed E-state index contributed by atoms with van der Waals surface area (Å²) in [5.74, 6) is 0.579. The van der Waals surface area contributed by atoms with Gasteiger partial charge in [0.2, 0.25) is 5.91 Å². The van der Waals surface area contributed by atoms with Gasteiger partial charge in [-0.05, 0) is 74.5 Å². The summed E-state index contributed by atoms with van der Waals surface area (Å²) < 4.78 is 12.0. The first-order chi connectivity index (χ1) is 21.5. The first-order valence-electron chi connectivity index (χ1n) is 16.3. The predicted molar refractivity (Wildman–Crippen MR) is 185 cm³/mol. The molecule has 0 aliphatic heterocycles. The molecule has 0 radical (unpaired) electrons. The number of carbonyl (C=O) groups is 2. The maximum Gasteiger partial charge on any atom is 0.246 e. The van der Waals surface area contributed by atoms with E-state index in [1.165, 1.54) is 0 Å². The van der Waals surface area contributed by atoms with Crippen LogP contribution in [0, 0.1) is 27.6 Å². The number of benzene rings is 2. The monoisotopic (exact) mass is 652 g/mol. The van der Waals surface area contributed by atoms with Crippen LogP contribution in [0.5, 0.6) is 5.75 Å². The number of carbonyl (C=O) groups excluding carboxylic acids is 2. The number of anilines is 1. The van der Waals surface area contributed by atoms with E-state index in [0.717, 1.165) is 43.3 Å². The number of rotatable bonds is 16. The lowest BCUT2D eigenvalue weighted by atomic mass is 9.49. The molecular weight excluding hydrogens is 600 g/mol. The van der Waals surface area contributed by atoms with Gasteiger partial charge in [0, 0.05) is 59.9 Å². The van der Waals surface area contributed by atoms with Crippen LogP contribution in [0.2, 0.25) is 5.02 Å².